The van der Waals surface area contributed by atoms with Crippen LogP contribution in [0.3, 0.4) is 0 Å². The van der Waals surface area contributed by atoms with Gasteiger partial charge in [0.15, 0.2) is 15.8 Å². The Kier molecular flexibility index (Phi) is 9.64. The van der Waals surface area contributed by atoms with Gasteiger partial charge in [-0.15, -0.1) is 24.0 Å². The number of hydrogen-bond donors (Lipinski definition) is 2. The fourth-order valence-electron chi connectivity index (χ4n) is 2.13. The minimum atomic E-state index is -3.01. The van der Waals surface area contributed by atoms with Gasteiger partial charge in [0.1, 0.15) is 0 Å². The Balaban J connectivity index is 0.00000338. The molecule has 0 bridgehead atoms. The topological polar surface area (TPSA) is 70.6 Å². The monoisotopic (exact) mass is 487 g/mol. The molecule has 142 valence electrons. The molecule has 0 saturated carbocycles. The van der Waals surface area contributed by atoms with E-state index >= 15 is 0 Å². The summed E-state index contributed by atoms with van der Waals surface area (Å²) in [7, 11) is -3.01. The maximum Gasteiger partial charge on any atom is 0.196 e. The highest BCUT2D eigenvalue weighted by Crippen LogP contribution is 2.07. The first-order valence-electron chi connectivity index (χ1n) is 8.35. The van der Waals surface area contributed by atoms with Gasteiger partial charge in [-0.1, -0.05) is 55.0 Å². The first-order valence-corrected chi connectivity index (χ1v) is 10.2. The first kappa shape index (κ1) is 22.4. The molecule has 5 nitrogen and oxygen atoms in total. The van der Waals surface area contributed by atoms with E-state index in [1.165, 1.54) is 5.56 Å². The lowest BCUT2D eigenvalue weighted by atomic mass is 10.1. The zero-order valence-electron chi connectivity index (χ0n) is 15.1. The molecule has 0 aromatic heterocycles. The summed E-state index contributed by atoms with van der Waals surface area (Å²) in [5.74, 6) is 0.804. The molecule has 2 aromatic carbocycles. The standard InChI is InChI=1S/C19H25N3O2S.HI/c1-3-25(23,24)14-13-20-19(22-18-7-5-4-6-8-18)21-15-17-11-9-16(2)10-12-17;/h4-12H,3,13-15H2,1-2H3,(H2,20,21,22);1H. The number of benzene rings is 2. The van der Waals surface area contributed by atoms with Crippen LogP contribution < -0.4 is 10.6 Å². The lowest BCUT2D eigenvalue weighted by molar-refractivity contribution is 0.596. The van der Waals surface area contributed by atoms with Gasteiger partial charge in [-0.2, -0.15) is 0 Å². The lowest BCUT2D eigenvalue weighted by Gasteiger charge is -2.13. The van der Waals surface area contributed by atoms with Crippen molar-refractivity contribution in [3.05, 3.63) is 65.7 Å². The van der Waals surface area contributed by atoms with Crippen molar-refractivity contribution in [3.63, 3.8) is 0 Å². The van der Waals surface area contributed by atoms with Crippen LogP contribution in [-0.4, -0.2) is 32.4 Å². The molecule has 2 N–H and O–H groups in total. The predicted molar refractivity (Wildman–Crippen MR) is 120 cm³/mol. The van der Waals surface area contributed by atoms with Crippen LogP contribution in [0.2, 0.25) is 0 Å². The van der Waals surface area contributed by atoms with Crippen LogP contribution in [0.25, 0.3) is 0 Å². The van der Waals surface area contributed by atoms with Gasteiger partial charge in [-0.3, -0.25) is 0 Å². The number of hydrogen-bond acceptors (Lipinski definition) is 3. The number of guanidine groups is 1. The van der Waals surface area contributed by atoms with Crippen LogP contribution in [0.15, 0.2) is 59.6 Å². The van der Waals surface area contributed by atoms with Gasteiger partial charge in [0.2, 0.25) is 0 Å². The molecule has 0 heterocycles. The fourth-order valence-corrected chi connectivity index (χ4v) is 2.83. The summed E-state index contributed by atoms with van der Waals surface area (Å²) < 4.78 is 23.3. The minimum absolute atomic E-state index is 0. The quantitative estimate of drug-likeness (QED) is 0.356. The third-order valence-electron chi connectivity index (χ3n) is 3.72. The number of rotatable bonds is 7. The number of aryl methyl sites for hydroxylation is 1. The smallest absolute Gasteiger partial charge is 0.196 e. The van der Waals surface area contributed by atoms with E-state index < -0.39 is 9.84 Å². The number of aliphatic imine (C=N–C) groups is 1. The van der Waals surface area contributed by atoms with Crippen LogP contribution in [0.1, 0.15) is 18.1 Å². The summed E-state index contributed by atoms with van der Waals surface area (Å²) >= 11 is 0. The Morgan fingerprint density at radius 2 is 1.69 bits per heavy atom. The number of nitrogens with one attached hydrogen (secondary N) is 2. The molecule has 0 aliphatic rings. The largest absolute Gasteiger partial charge is 0.355 e. The van der Waals surface area contributed by atoms with E-state index in [0.29, 0.717) is 19.0 Å². The SMILES string of the molecule is CCS(=O)(=O)CCNC(=NCc1ccc(C)cc1)Nc1ccccc1.I. The molecule has 2 rings (SSSR count). The lowest BCUT2D eigenvalue weighted by Crippen LogP contribution is -2.34. The molecular formula is C19H26IN3O2S. The third kappa shape index (κ3) is 8.18. The summed E-state index contributed by atoms with van der Waals surface area (Å²) in [5.41, 5.74) is 3.20. The maximum absolute atomic E-state index is 11.7. The van der Waals surface area contributed by atoms with Gasteiger partial charge in [-0.05, 0) is 24.6 Å². The fraction of sp³-hybridized carbons (Fsp3) is 0.316. The van der Waals surface area contributed by atoms with Crippen LogP contribution in [-0.2, 0) is 16.4 Å². The zero-order chi connectivity index (χ0) is 18.1. The number of halogens is 1. The van der Waals surface area contributed by atoms with Crippen LogP contribution >= 0.6 is 24.0 Å². The molecule has 26 heavy (non-hydrogen) atoms. The molecule has 2 aromatic rings. The van der Waals surface area contributed by atoms with Gasteiger partial charge in [-0.25, -0.2) is 13.4 Å². The van der Waals surface area contributed by atoms with Crippen molar-refractivity contribution in [3.8, 4) is 0 Å². The van der Waals surface area contributed by atoms with Gasteiger partial charge in [0, 0.05) is 18.0 Å². The molecule has 0 unspecified atom stereocenters. The molecule has 0 fully saturated rings. The highest BCUT2D eigenvalue weighted by molar-refractivity contribution is 14.0. The van der Waals surface area contributed by atoms with E-state index in [1.807, 2.05) is 49.4 Å². The van der Waals surface area contributed by atoms with E-state index in [2.05, 4.69) is 27.8 Å². The van der Waals surface area contributed by atoms with Crippen molar-refractivity contribution < 1.29 is 8.42 Å². The van der Waals surface area contributed by atoms with E-state index in [0.717, 1.165) is 11.3 Å². The Bertz CT molecular complexity index is 791. The van der Waals surface area contributed by atoms with Gasteiger partial charge in [0.05, 0.1) is 12.3 Å². The van der Waals surface area contributed by atoms with Gasteiger partial charge < -0.3 is 10.6 Å². The highest BCUT2D eigenvalue weighted by Gasteiger charge is 2.08. The van der Waals surface area contributed by atoms with Crippen molar-refractivity contribution in [1.29, 1.82) is 0 Å². The summed E-state index contributed by atoms with van der Waals surface area (Å²) in [6.45, 7) is 4.54. The number of para-hydroxylation sites is 1. The summed E-state index contributed by atoms with van der Waals surface area (Å²) in [4.78, 5) is 4.56. The first-order chi connectivity index (χ1) is 12.0. The molecule has 0 spiro atoms. The second kappa shape index (κ2) is 11.2. The van der Waals surface area contributed by atoms with E-state index in [4.69, 9.17) is 0 Å². The molecule has 0 radical (unpaired) electrons. The van der Waals surface area contributed by atoms with Crippen molar-refractivity contribution in [2.45, 2.75) is 20.4 Å². The van der Waals surface area contributed by atoms with Crippen LogP contribution in [0, 0.1) is 6.92 Å². The predicted octanol–water partition coefficient (Wildman–Crippen LogP) is 3.61. The van der Waals surface area contributed by atoms with Crippen LogP contribution in [0.5, 0.6) is 0 Å². The molecule has 0 aliphatic heterocycles. The molecule has 0 amide bonds. The molecule has 7 heteroatoms. The maximum atomic E-state index is 11.7. The average Bonchev–Trinajstić information content (AvgIpc) is 2.61. The van der Waals surface area contributed by atoms with E-state index in [-0.39, 0.29) is 35.5 Å². The number of nitrogens with zero attached hydrogens (tertiary/aromatic N) is 1. The van der Waals surface area contributed by atoms with E-state index in [9.17, 15) is 8.42 Å². The van der Waals surface area contributed by atoms with Gasteiger partial charge in [0.25, 0.3) is 0 Å². The zero-order valence-corrected chi connectivity index (χ0v) is 18.3. The normalized spacial score (nSPS) is 11.5. The second-order valence-electron chi connectivity index (χ2n) is 5.80. The van der Waals surface area contributed by atoms with Crippen molar-refractivity contribution >= 4 is 45.5 Å². The van der Waals surface area contributed by atoms with Crippen LogP contribution in [0.4, 0.5) is 5.69 Å². The molecule has 0 aliphatic carbocycles. The third-order valence-corrected chi connectivity index (χ3v) is 5.43. The Morgan fingerprint density at radius 3 is 2.31 bits per heavy atom. The molecule has 0 atom stereocenters. The van der Waals surface area contributed by atoms with E-state index in [1.54, 1.807) is 6.92 Å². The Labute approximate surface area is 173 Å². The number of anilines is 1. The minimum Gasteiger partial charge on any atom is -0.355 e. The summed E-state index contributed by atoms with van der Waals surface area (Å²) in [5, 5.41) is 6.31. The van der Waals surface area contributed by atoms with Crippen molar-refractivity contribution in [2.24, 2.45) is 4.99 Å². The van der Waals surface area contributed by atoms with Gasteiger partial charge >= 0.3 is 0 Å². The van der Waals surface area contributed by atoms with Crippen molar-refractivity contribution in [1.82, 2.24) is 5.32 Å². The second-order valence-corrected chi connectivity index (χ2v) is 8.28. The van der Waals surface area contributed by atoms with Crippen molar-refractivity contribution in [2.75, 3.05) is 23.4 Å². The Hall–Kier alpha value is -1.61. The highest BCUT2D eigenvalue weighted by atomic mass is 127. The molecular weight excluding hydrogens is 461 g/mol. The average molecular weight is 487 g/mol. The molecule has 0 saturated heterocycles. The summed E-state index contributed by atoms with van der Waals surface area (Å²) in [6.07, 6.45) is 0. The number of sulfone groups is 1. The summed E-state index contributed by atoms with van der Waals surface area (Å²) in [6, 6.07) is 17.9. The Morgan fingerprint density at radius 1 is 1.04 bits per heavy atom.